The van der Waals surface area contributed by atoms with Gasteiger partial charge in [-0.1, -0.05) is 12.1 Å². The van der Waals surface area contributed by atoms with Crippen molar-refractivity contribution in [1.82, 2.24) is 0 Å². The second-order valence-corrected chi connectivity index (χ2v) is 5.90. The number of nitrogens with two attached hydrogens (primary N) is 1. The van der Waals surface area contributed by atoms with Gasteiger partial charge >= 0.3 is 0 Å². The lowest BCUT2D eigenvalue weighted by atomic mass is 9.93. The lowest BCUT2D eigenvalue weighted by Gasteiger charge is -2.26. The van der Waals surface area contributed by atoms with Crippen LogP contribution in [0.2, 0.25) is 0 Å². The molecule has 3 heteroatoms. The Bertz CT molecular complexity index is 460. The lowest BCUT2D eigenvalue weighted by Crippen LogP contribution is -2.32. The molecule has 18 heavy (non-hydrogen) atoms. The summed E-state index contributed by atoms with van der Waals surface area (Å²) in [4.78, 5) is 13.4. The summed E-state index contributed by atoms with van der Waals surface area (Å²) < 4.78 is 0. The van der Waals surface area contributed by atoms with Crippen molar-refractivity contribution in [3.8, 4) is 0 Å². The Morgan fingerprint density at radius 2 is 2.06 bits per heavy atom. The smallest absolute Gasteiger partial charge is 0.227 e. The zero-order valence-corrected chi connectivity index (χ0v) is 11.5. The number of anilines is 1. The van der Waals surface area contributed by atoms with Gasteiger partial charge in [0.15, 0.2) is 0 Å². The molecule has 1 heterocycles. The van der Waals surface area contributed by atoms with Crippen molar-refractivity contribution in [1.29, 1.82) is 0 Å². The third kappa shape index (κ3) is 2.91. The number of hydrogen-bond donors (Lipinski definition) is 1. The predicted octanol–water partition coefficient (Wildman–Crippen LogP) is 2.27. The average molecular weight is 246 g/mol. The van der Waals surface area contributed by atoms with E-state index in [2.05, 4.69) is 32.0 Å². The number of carbonyl (C=O) groups excluding carboxylic acids is 1. The number of fused-ring (bicyclic) bond motifs is 1. The number of carbonyl (C=O) groups is 1. The van der Waals surface area contributed by atoms with Crippen molar-refractivity contribution in [2.24, 2.45) is 5.73 Å². The highest BCUT2D eigenvalue weighted by Gasteiger charge is 2.21. The maximum absolute atomic E-state index is 11.6. The first-order chi connectivity index (χ1) is 8.37. The van der Waals surface area contributed by atoms with E-state index in [4.69, 9.17) is 5.73 Å². The van der Waals surface area contributed by atoms with Crippen LogP contribution in [0.1, 0.15) is 37.8 Å². The summed E-state index contributed by atoms with van der Waals surface area (Å²) in [5, 5.41) is 0. The van der Waals surface area contributed by atoms with Crippen LogP contribution in [0.25, 0.3) is 0 Å². The largest absolute Gasteiger partial charge is 0.326 e. The standard InChI is InChI=1S/C15H22N2O/c1-15(2,16)9-8-11-4-6-13-12(10-11)5-7-14(18)17(13)3/h4,6,10H,5,7-9,16H2,1-3H3. The van der Waals surface area contributed by atoms with Crippen LogP contribution in [0.3, 0.4) is 0 Å². The van der Waals surface area contributed by atoms with Gasteiger partial charge in [0.1, 0.15) is 0 Å². The SMILES string of the molecule is CN1C(=O)CCc2cc(CCC(C)(C)N)ccc21. The molecule has 0 fully saturated rings. The van der Waals surface area contributed by atoms with Crippen LogP contribution in [0, 0.1) is 0 Å². The van der Waals surface area contributed by atoms with Gasteiger partial charge < -0.3 is 10.6 Å². The molecule has 2 N–H and O–H groups in total. The molecule has 1 aromatic rings. The molecule has 0 aromatic heterocycles. The molecule has 0 aliphatic carbocycles. The van der Waals surface area contributed by atoms with E-state index < -0.39 is 0 Å². The third-order valence-electron chi connectivity index (χ3n) is 3.55. The fourth-order valence-corrected chi connectivity index (χ4v) is 2.33. The molecule has 0 spiro atoms. The quantitative estimate of drug-likeness (QED) is 0.889. The first kappa shape index (κ1) is 13.1. The van der Waals surface area contributed by atoms with Crippen molar-refractivity contribution >= 4 is 11.6 Å². The van der Waals surface area contributed by atoms with E-state index in [1.807, 2.05) is 7.05 Å². The summed E-state index contributed by atoms with van der Waals surface area (Å²) in [6.45, 7) is 4.11. The average Bonchev–Trinajstić information content (AvgIpc) is 2.30. The Hall–Kier alpha value is -1.35. The van der Waals surface area contributed by atoms with E-state index >= 15 is 0 Å². The monoisotopic (exact) mass is 246 g/mol. The molecule has 1 aliphatic heterocycles. The van der Waals surface area contributed by atoms with Gasteiger partial charge in [-0.2, -0.15) is 0 Å². The van der Waals surface area contributed by atoms with Crippen LogP contribution in [-0.4, -0.2) is 18.5 Å². The lowest BCUT2D eigenvalue weighted by molar-refractivity contribution is -0.118. The molecule has 0 bridgehead atoms. The van der Waals surface area contributed by atoms with Gasteiger partial charge in [-0.25, -0.2) is 0 Å². The summed E-state index contributed by atoms with van der Waals surface area (Å²) in [7, 11) is 1.85. The van der Waals surface area contributed by atoms with Crippen LogP contribution < -0.4 is 10.6 Å². The number of nitrogens with zero attached hydrogens (tertiary/aromatic N) is 1. The molecule has 0 saturated heterocycles. The van der Waals surface area contributed by atoms with Crippen LogP contribution >= 0.6 is 0 Å². The number of benzene rings is 1. The van der Waals surface area contributed by atoms with Crippen LogP contribution in [-0.2, 0) is 17.6 Å². The maximum atomic E-state index is 11.6. The van der Waals surface area contributed by atoms with Crippen molar-refractivity contribution in [3.05, 3.63) is 29.3 Å². The van der Waals surface area contributed by atoms with Crippen molar-refractivity contribution < 1.29 is 4.79 Å². The minimum absolute atomic E-state index is 0.122. The Labute approximate surface area is 109 Å². The molecule has 3 nitrogen and oxygen atoms in total. The van der Waals surface area contributed by atoms with Gasteiger partial charge in [-0.3, -0.25) is 4.79 Å². The second kappa shape index (κ2) is 4.73. The van der Waals surface area contributed by atoms with Gasteiger partial charge in [-0.15, -0.1) is 0 Å². The van der Waals surface area contributed by atoms with E-state index in [1.165, 1.54) is 11.1 Å². The fourth-order valence-electron chi connectivity index (χ4n) is 2.33. The van der Waals surface area contributed by atoms with Crippen LogP contribution in [0.15, 0.2) is 18.2 Å². The minimum atomic E-state index is -0.122. The highest BCUT2D eigenvalue weighted by atomic mass is 16.2. The highest BCUT2D eigenvalue weighted by molar-refractivity contribution is 5.95. The van der Waals surface area contributed by atoms with Gasteiger partial charge in [0.25, 0.3) is 0 Å². The molecule has 98 valence electrons. The Morgan fingerprint density at radius 3 is 2.72 bits per heavy atom. The first-order valence-corrected chi connectivity index (χ1v) is 6.54. The third-order valence-corrected chi connectivity index (χ3v) is 3.55. The Balaban J connectivity index is 2.15. The Kier molecular flexibility index (Phi) is 3.44. The summed E-state index contributed by atoms with van der Waals surface area (Å²) in [6, 6.07) is 6.40. The zero-order chi connectivity index (χ0) is 13.3. The van der Waals surface area contributed by atoms with E-state index in [-0.39, 0.29) is 11.4 Å². The van der Waals surface area contributed by atoms with Crippen LogP contribution in [0.4, 0.5) is 5.69 Å². The molecule has 0 radical (unpaired) electrons. The molecule has 2 rings (SSSR count). The van der Waals surface area contributed by atoms with E-state index in [0.717, 1.165) is 24.9 Å². The molecular weight excluding hydrogens is 224 g/mol. The summed E-state index contributed by atoms with van der Waals surface area (Å²) in [5.74, 6) is 0.207. The number of hydrogen-bond acceptors (Lipinski definition) is 2. The maximum Gasteiger partial charge on any atom is 0.227 e. The van der Waals surface area contributed by atoms with Gasteiger partial charge in [-0.05, 0) is 50.3 Å². The molecule has 1 aliphatic rings. The van der Waals surface area contributed by atoms with E-state index in [9.17, 15) is 4.79 Å². The molecule has 0 unspecified atom stereocenters. The first-order valence-electron chi connectivity index (χ1n) is 6.54. The Morgan fingerprint density at radius 1 is 1.33 bits per heavy atom. The number of aryl methyl sites for hydroxylation is 2. The molecule has 1 aromatic carbocycles. The van der Waals surface area contributed by atoms with Crippen molar-refractivity contribution in [3.63, 3.8) is 0 Å². The zero-order valence-electron chi connectivity index (χ0n) is 11.5. The van der Waals surface area contributed by atoms with Gasteiger partial charge in [0.05, 0.1) is 0 Å². The fraction of sp³-hybridized carbons (Fsp3) is 0.533. The van der Waals surface area contributed by atoms with E-state index in [1.54, 1.807) is 4.90 Å². The van der Waals surface area contributed by atoms with E-state index in [0.29, 0.717) is 6.42 Å². The molecule has 0 saturated carbocycles. The van der Waals surface area contributed by atoms with Crippen molar-refractivity contribution in [2.45, 2.75) is 45.1 Å². The summed E-state index contributed by atoms with van der Waals surface area (Å²) in [6.07, 6.45) is 3.45. The molecular formula is C15H22N2O. The minimum Gasteiger partial charge on any atom is -0.326 e. The number of rotatable bonds is 3. The summed E-state index contributed by atoms with van der Waals surface area (Å²) in [5.41, 5.74) is 9.54. The van der Waals surface area contributed by atoms with Gasteiger partial charge in [0.2, 0.25) is 5.91 Å². The number of amides is 1. The summed E-state index contributed by atoms with van der Waals surface area (Å²) >= 11 is 0. The normalized spacial score (nSPS) is 15.8. The molecule has 1 amide bonds. The van der Waals surface area contributed by atoms with Gasteiger partial charge in [0, 0.05) is 24.7 Å². The second-order valence-electron chi connectivity index (χ2n) is 5.90. The highest BCUT2D eigenvalue weighted by Crippen LogP contribution is 2.28. The van der Waals surface area contributed by atoms with Crippen molar-refractivity contribution in [2.75, 3.05) is 11.9 Å². The topological polar surface area (TPSA) is 46.3 Å². The van der Waals surface area contributed by atoms with Crippen LogP contribution in [0.5, 0.6) is 0 Å². The predicted molar refractivity (Wildman–Crippen MR) is 74.8 cm³/mol. The molecule has 0 atom stereocenters.